The van der Waals surface area contributed by atoms with Gasteiger partial charge in [-0.25, -0.2) is 0 Å². The van der Waals surface area contributed by atoms with Crippen LogP contribution in [0, 0.1) is 13.8 Å². The molecule has 0 spiro atoms. The largest absolute Gasteiger partial charge is 0.493 e. The summed E-state index contributed by atoms with van der Waals surface area (Å²) in [5.74, 6) is 2.16. The average Bonchev–Trinajstić information content (AvgIpc) is 2.84. The minimum Gasteiger partial charge on any atom is -0.493 e. The predicted molar refractivity (Wildman–Crippen MR) is 91.9 cm³/mol. The number of hydrogen-bond donors (Lipinski definition) is 1. The molecule has 1 aromatic heterocycles. The summed E-state index contributed by atoms with van der Waals surface area (Å²) in [4.78, 5) is 0. The highest BCUT2D eigenvalue weighted by Gasteiger charge is 2.20. The molecule has 24 heavy (non-hydrogen) atoms. The highest BCUT2D eigenvalue weighted by Crippen LogP contribution is 2.40. The molecule has 130 valence electrons. The fourth-order valence-electron chi connectivity index (χ4n) is 3.22. The van der Waals surface area contributed by atoms with E-state index in [4.69, 9.17) is 14.2 Å². The maximum absolute atomic E-state index is 5.69. The Bertz CT molecular complexity index is 722. The molecule has 0 amide bonds. The third-order valence-corrected chi connectivity index (χ3v) is 4.50. The highest BCUT2D eigenvalue weighted by atomic mass is 16.6. The smallest absolute Gasteiger partial charge is 0.203 e. The lowest BCUT2D eigenvalue weighted by Gasteiger charge is -2.22. The monoisotopic (exact) mass is 331 g/mol. The molecule has 0 aliphatic carbocycles. The summed E-state index contributed by atoms with van der Waals surface area (Å²) in [5.41, 5.74) is 4.60. The van der Waals surface area contributed by atoms with Gasteiger partial charge in [0.15, 0.2) is 11.5 Å². The Morgan fingerprint density at radius 2 is 2.04 bits per heavy atom. The van der Waals surface area contributed by atoms with Crippen molar-refractivity contribution in [2.45, 2.75) is 33.4 Å². The van der Waals surface area contributed by atoms with E-state index in [0.29, 0.717) is 31.3 Å². The lowest BCUT2D eigenvalue weighted by molar-refractivity contribution is 0.165. The van der Waals surface area contributed by atoms with Gasteiger partial charge >= 0.3 is 0 Å². The summed E-state index contributed by atoms with van der Waals surface area (Å²) in [6.45, 7) is 8.14. The van der Waals surface area contributed by atoms with Crippen LogP contribution >= 0.6 is 0 Å². The second kappa shape index (κ2) is 6.73. The summed E-state index contributed by atoms with van der Waals surface area (Å²) < 4.78 is 18.7. The van der Waals surface area contributed by atoms with Crippen molar-refractivity contribution in [1.82, 2.24) is 15.1 Å². The number of benzene rings is 1. The lowest BCUT2D eigenvalue weighted by atomic mass is 10.1. The van der Waals surface area contributed by atoms with Crippen molar-refractivity contribution in [1.29, 1.82) is 0 Å². The molecule has 2 aromatic rings. The minimum absolute atomic E-state index is 0.206. The fourth-order valence-corrected chi connectivity index (χ4v) is 3.22. The summed E-state index contributed by atoms with van der Waals surface area (Å²) in [7, 11) is 3.63. The number of nitrogens with zero attached hydrogens (tertiary/aromatic N) is 2. The predicted octanol–water partition coefficient (Wildman–Crippen LogP) is 2.67. The number of aromatic nitrogens is 2. The molecule has 1 N–H and O–H groups in total. The van der Waals surface area contributed by atoms with Gasteiger partial charge in [-0.05, 0) is 38.5 Å². The topological polar surface area (TPSA) is 57.5 Å². The standard InChI is InChI=1S/C18H25N3O3/c1-11(17-12(2)20-21(4)13(17)3)19-10-14-8-15(22-5)18-16(9-14)23-6-7-24-18/h8-9,11,19H,6-7,10H2,1-5H3. The average molecular weight is 331 g/mol. The van der Waals surface area contributed by atoms with Crippen LogP contribution in [-0.2, 0) is 13.6 Å². The zero-order valence-electron chi connectivity index (χ0n) is 15.0. The highest BCUT2D eigenvalue weighted by molar-refractivity contribution is 5.54. The quantitative estimate of drug-likeness (QED) is 0.913. The Balaban J connectivity index is 1.77. The number of rotatable bonds is 5. The van der Waals surface area contributed by atoms with Crippen LogP contribution in [0.15, 0.2) is 12.1 Å². The number of aryl methyl sites for hydroxylation is 2. The van der Waals surface area contributed by atoms with Crippen molar-refractivity contribution in [3.05, 3.63) is 34.6 Å². The molecular weight excluding hydrogens is 306 g/mol. The van der Waals surface area contributed by atoms with Crippen LogP contribution in [0.1, 0.15) is 35.5 Å². The summed E-state index contributed by atoms with van der Waals surface area (Å²) in [5, 5.41) is 8.05. The van der Waals surface area contributed by atoms with Gasteiger partial charge in [-0.3, -0.25) is 4.68 Å². The Morgan fingerprint density at radius 3 is 2.71 bits per heavy atom. The van der Waals surface area contributed by atoms with E-state index in [0.717, 1.165) is 17.0 Å². The van der Waals surface area contributed by atoms with Crippen LogP contribution in [0.3, 0.4) is 0 Å². The van der Waals surface area contributed by atoms with Crippen molar-refractivity contribution in [3.63, 3.8) is 0 Å². The Morgan fingerprint density at radius 1 is 1.29 bits per heavy atom. The zero-order valence-corrected chi connectivity index (χ0v) is 15.0. The van der Waals surface area contributed by atoms with E-state index in [1.807, 2.05) is 30.8 Å². The first-order valence-electron chi connectivity index (χ1n) is 8.21. The summed E-state index contributed by atoms with van der Waals surface area (Å²) >= 11 is 0. The van der Waals surface area contributed by atoms with Gasteiger partial charge in [0.2, 0.25) is 5.75 Å². The van der Waals surface area contributed by atoms with Gasteiger partial charge in [-0.1, -0.05) is 0 Å². The van der Waals surface area contributed by atoms with Crippen LogP contribution in [-0.4, -0.2) is 30.1 Å². The van der Waals surface area contributed by atoms with Crippen molar-refractivity contribution >= 4 is 0 Å². The molecule has 1 aliphatic rings. The van der Waals surface area contributed by atoms with Crippen LogP contribution in [0.4, 0.5) is 0 Å². The van der Waals surface area contributed by atoms with Gasteiger partial charge in [-0.15, -0.1) is 0 Å². The number of fused-ring (bicyclic) bond motifs is 1. The van der Waals surface area contributed by atoms with Gasteiger partial charge < -0.3 is 19.5 Å². The Hall–Kier alpha value is -2.21. The van der Waals surface area contributed by atoms with E-state index in [2.05, 4.69) is 24.3 Å². The van der Waals surface area contributed by atoms with Gasteiger partial charge in [0.1, 0.15) is 13.2 Å². The summed E-state index contributed by atoms with van der Waals surface area (Å²) in [6.07, 6.45) is 0. The van der Waals surface area contributed by atoms with Crippen LogP contribution in [0.25, 0.3) is 0 Å². The molecule has 1 aliphatic heterocycles. The maximum atomic E-state index is 5.69. The lowest BCUT2D eigenvalue weighted by Crippen LogP contribution is -2.20. The molecule has 0 radical (unpaired) electrons. The molecule has 2 heterocycles. The van der Waals surface area contributed by atoms with Crippen LogP contribution in [0.5, 0.6) is 17.2 Å². The van der Waals surface area contributed by atoms with E-state index in [1.165, 1.54) is 11.3 Å². The summed E-state index contributed by atoms with van der Waals surface area (Å²) in [6, 6.07) is 4.22. The fraction of sp³-hybridized carbons (Fsp3) is 0.500. The number of nitrogens with one attached hydrogen (secondary N) is 1. The second-order valence-corrected chi connectivity index (χ2v) is 6.13. The first-order chi connectivity index (χ1) is 11.5. The first-order valence-corrected chi connectivity index (χ1v) is 8.21. The third kappa shape index (κ3) is 3.06. The Labute approximate surface area is 142 Å². The van der Waals surface area contributed by atoms with Crippen molar-refractivity contribution in [3.8, 4) is 17.2 Å². The molecule has 0 saturated heterocycles. The Kier molecular flexibility index (Phi) is 4.66. The molecule has 1 unspecified atom stereocenters. The molecule has 6 nitrogen and oxygen atoms in total. The molecule has 6 heteroatoms. The van der Waals surface area contributed by atoms with Crippen LogP contribution in [0.2, 0.25) is 0 Å². The number of methoxy groups -OCH3 is 1. The van der Waals surface area contributed by atoms with E-state index in [1.54, 1.807) is 7.11 Å². The van der Waals surface area contributed by atoms with Crippen molar-refractivity contribution in [2.24, 2.45) is 7.05 Å². The SMILES string of the molecule is COc1cc(CNC(C)c2c(C)nn(C)c2C)cc2c1OCCO2. The molecule has 0 fully saturated rings. The normalized spacial score (nSPS) is 14.5. The van der Waals surface area contributed by atoms with E-state index < -0.39 is 0 Å². The molecule has 0 bridgehead atoms. The van der Waals surface area contributed by atoms with Crippen LogP contribution < -0.4 is 19.5 Å². The van der Waals surface area contributed by atoms with Crippen molar-refractivity contribution in [2.75, 3.05) is 20.3 Å². The number of hydrogen-bond acceptors (Lipinski definition) is 5. The van der Waals surface area contributed by atoms with Gasteiger partial charge in [0.25, 0.3) is 0 Å². The third-order valence-electron chi connectivity index (χ3n) is 4.50. The minimum atomic E-state index is 0.206. The van der Waals surface area contributed by atoms with E-state index >= 15 is 0 Å². The molecule has 1 aromatic carbocycles. The van der Waals surface area contributed by atoms with Gasteiger partial charge in [0, 0.05) is 30.9 Å². The second-order valence-electron chi connectivity index (χ2n) is 6.13. The van der Waals surface area contributed by atoms with Crippen molar-refractivity contribution < 1.29 is 14.2 Å². The van der Waals surface area contributed by atoms with E-state index in [-0.39, 0.29) is 6.04 Å². The number of ether oxygens (including phenoxy) is 3. The molecular formula is C18H25N3O3. The molecule has 0 saturated carbocycles. The molecule has 3 rings (SSSR count). The van der Waals surface area contributed by atoms with Gasteiger partial charge in [-0.2, -0.15) is 5.10 Å². The van der Waals surface area contributed by atoms with E-state index in [9.17, 15) is 0 Å². The zero-order chi connectivity index (χ0) is 17.3. The maximum Gasteiger partial charge on any atom is 0.203 e. The first kappa shape index (κ1) is 16.6. The molecule has 1 atom stereocenters. The van der Waals surface area contributed by atoms with Gasteiger partial charge in [0.05, 0.1) is 12.8 Å².